The second-order valence-corrected chi connectivity index (χ2v) is 5.70. The predicted octanol–water partition coefficient (Wildman–Crippen LogP) is 2.68. The van der Waals surface area contributed by atoms with Gasteiger partial charge in [0.1, 0.15) is 0 Å². The van der Waals surface area contributed by atoms with Gasteiger partial charge in [0, 0.05) is 28.3 Å². The predicted molar refractivity (Wildman–Crippen MR) is 56.0 cm³/mol. The molecule has 0 aromatic rings. The van der Waals surface area contributed by atoms with Gasteiger partial charge in [0.15, 0.2) is 0 Å². The lowest BCUT2D eigenvalue weighted by Crippen LogP contribution is -2.14. The van der Waals surface area contributed by atoms with Crippen molar-refractivity contribution in [3.8, 4) is 0 Å². The average molecular weight is 191 g/mol. The molecule has 0 aromatic carbocycles. The minimum atomic E-state index is -1.82. The second-order valence-electron chi connectivity index (χ2n) is 2.95. The van der Waals surface area contributed by atoms with Crippen molar-refractivity contribution in [1.29, 1.82) is 0 Å². The Morgan fingerprint density at radius 3 is 2.00 bits per heavy atom. The summed E-state index contributed by atoms with van der Waals surface area (Å²) in [6, 6.07) is 0. The van der Waals surface area contributed by atoms with Crippen LogP contribution in [0.15, 0.2) is 4.36 Å². The molecule has 0 bridgehead atoms. The van der Waals surface area contributed by atoms with E-state index in [-0.39, 0.29) is 0 Å². The van der Waals surface area contributed by atoms with Gasteiger partial charge in [-0.1, -0.05) is 26.7 Å². The zero-order valence-corrected chi connectivity index (χ0v) is 9.49. The van der Waals surface area contributed by atoms with Crippen LogP contribution in [0.4, 0.5) is 0 Å². The molecule has 0 N–H and O–H groups in total. The van der Waals surface area contributed by atoms with Gasteiger partial charge >= 0.3 is 0 Å². The van der Waals surface area contributed by atoms with Gasteiger partial charge in [0.05, 0.1) is 0 Å². The first-order valence-electron chi connectivity index (χ1n) is 4.76. The summed E-state index contributed by atoms with van der Waals surface area (Å²) in [5.41, 5.74) is 0. The molecule has 1 aliphatic carbocycles. The standard InChI is InChI=1S/C7H15NOS.C2H6/c1-8-10(2,9)7-5-3-4-6-7;1-2/h7H,3-6H2,1-2H3;1-2H3. The van der Waals surface area contributed by atoms with E-state index in [2.05, 4.69) is 4.36 Å². The van der Waals surface area contributed by atoms with Gasteiger partial charge in [0.25, 0.3) is 0 Å². The lowest BCUT2D eigenvalue weighted by atomic mass is 10.4. The Balaban J connectivity index is 0.000000561. The summed E-state index contributed by atoms with van der Waals surface area (Å²) in [5.74, 6) is 0. The smallest absolute Gasteiger partial charge is 0.0464 e. The number of rotatable bonds is 1. The van der Waals surface area contributed by atoms with Gasteiger partial charge < -0.3 is 0 Å². The highest BCUT2D eigenvalue weighted by molar-refractivity contribution is 7.93. The summed E-state index contributed by atoms with van der Waals surface area (Å²) in [6.45, 7) is 4.00. The summed E-state index contributed by atoms with van der Waals surface area (Å²) >= 11 is 0. The molecule has 12 heavy (non-hydrogen) atoms. The Kier molecular flexibility index (Phi) is 5.55. The Bertz CT molecular complexity index is 211. The molecular weight excluding hydrogens is 170 g/mol. The van der Waals surface area contributed by atoms with Crippen molar-refractivity contribution >= 4 is 9.73 Å². The van der Waals surface area contributed by atoms with E-state index >= 15 is 0 Å². The molecule has 0 saturated heterocycles. The zero-order chi connectivity index (χ0) is 9.61. The lowest BCUT2D eigenvalue weighted by Gasteiger charge is -2.09. The Morgan fingerprint density at radius 1 is 1.25 bits per heavy atom. The maximum Gasteiger partial charge on any atom is 0.0464 e. The first-order valence-corrected chi connectivity index (χ1v) is 6.74. The molecule has 1 atom stereocenters. The molecule has 1 saturated carbocycles. The van der Waals surface area contributed by atoms with Crippen LogP contribution in [-0.2, 0) is 9.73 Å². The van der Waals surface area contributed by atoms with Crippen LogP contribution in [0.2, 0.25) is 0 Å². The molecule has 2 nitrogen and oxygen atoms in total. The maximum atomic E-state index is 11.6. The maximum absolute atomic E-state index is 11.6. The van der Waals surface area contributed by atoms with Crippen molar-refractivity contribution in [3.63, 3.8) is 0 Å². The SMILES string of the molecule is CC.CN=S(C)(=O)C1CCCC1. The highest BCUT2D eigenvalue weighted by atomic mass is 32.2. The molecule has 1 rings (SSSR count). The van der Waals surface area contributed by atoms with Crippen molar-refractivity contribution in [1.82, 2.24) is 0 Å². The minimum absolute atomic E-state index is 0.387. The van der Waals surface area contributed by atoms with Crippen LogP contribution in [-0.4, -0.2) is 22.8 Å². The van der Waals surface area contributed by atoms with Gasteiger partial charge in [-0.15, -0.1) is 0 Å². The molecule has 1 unspecified atom stereocenters. The number of hydrogen-bond acceptors (Lipinski definition) is 2. The summed E-state index contributed by atoms with van der Waals surface area (Å²) in [4.78, 5) is 0. The quantitative estimate of drug-likeness (QED) is 0.626. The highest BCUT2D eigenvalue weighted by Crippen LogP contribution is 2.24. The molecule has 0 amide bonds. The fraction of sp³-hybridized carbons (Fsp3) is 1.00. The van der Waals surface area contributed by atoms with E-state index in [1.54, 1.807) is 13.3 Å². The lowest BCUT2D eigenvalue weighted by molar-refractivity contribution is 0.665. The van der Waals surface area contributed by atoms with E-state index in [4.69, 9.17) is 0 Å². The monoisotopic (exact) mass is 191 g/mol. The number of hydrogen-bond donors (Lipinski definition) is 0. The molecule has 0 spiro atoms. The van der Waals surface area contributed by atoms with Gasteiger partial charge in [-0.2, -0.15) is 0 Å². The zero-order valence-electron chi connectivity index (χ0n) is 8.67. The molecule has 0 aliphatic heterocycles. The Hall–Kier alpha value is -0.0500. The Labute approximate surface area is 76.9 Å². The molecular formula is C9H21NOS. The van der Waals surface area contributed by atoms with E-state index < -0.39 is 9.73 Å². The van der Waals surface area contributed by atoms with Gasteiger partial charge in [-0.3, -0.25) is 0 Å². The largest absolute Gasteiger partial charge is 0.250 e. The van der Waals surface area contributed by atoms with Crippen molar-refractivity contribution in [2.45, 2.75) is 44.8 Å². The van der Waals surface area contributed by atoms with Crippen LogP contribution in [0.1, 0.15) is 39.5 Å². The third-order valence-electron chi connectivity index (χ3n) is 2.28. The molecule has 0 aromatic heterocycles. The first-order chi connectivity index (χ1) is 5.67. The summed E-state index contributed by atoms with van der Waals surface area (Å²) < 4.78 is 15.5. The van der Waals surface area contributed by atoms with Gasteiger partial charge in [0.2, 0.25) is 0 Å². The molecule has 0 radical (unpaired) electrons. The number of nitrogens with zero attached hydrogens (tertiary/aromatic N) is 1. The normalized spacial score (nSPS) is 22.3. The van der Waals surface area contributed by atoms with Crippen LogP contribution in [0.5, 0.6) is 0 Å². The minimum Gasteiger partial charge on any atom is -0.250 e. The molecule has 3 heteroatoms. The molecule has 1 fully saturated rings. The van der Waals surface area contributed by atoms with Crippen LogP contribution in [0.25, 0.3) is 0 Å². The summed E-state index contributed by atoms with van der Waals surface area (Å²) in [5, 5.41) is 0.387. The highest BCUT2D eigenvalue weighted by Gasteiger charge is 2.22. The van der Waals surface area contributed by atoms with Gasteiger partial charge in [-0.25, -0.2) is 8.57 Å². The van der Waals surface area contributed by atoms with E-state index in [1.807, 2.05) is 13.8 Å². The fourth-order valence-corrected chi connectivity index (χ4v) is 2.98. The topological polar surface area (TPSA) is 29.4 Å². The van der Waals surface area contributed by atoms with Gasteiger partial charge in [-0.05, 0) is 12.8 Å². The van der Waals surface area contributed by atoms with Crippen LogP contribution >= 0.6 is 0 Å². The van der Waals surface area contributed by atoms with Crippen molar-refractivity contribution in [2.75, 3.05) is 13.3 Å². The van der Waals surface area contributed by atoms with Crippen LogP contribution < -0.4 is 0 Å². The van der Waals surface area contributed by atoms with E-state index in [9.17, 15) is 4.21 Å². The molecule has 0 heterocycles. The Morgan fingerprint density at radius 2 is 1.67 bits per heavy atom. The first kappa shape index (κ1) is 11.9. The van der Waals surface area contributed by atoms with Crippen molar-refractivity contribution < 1.29 is 4.21 Å². The fourth-order valence-electron chi connectivity index (χ4n) is 1.47. The third kappa shape index (κ3) is 3.13. The third-order valence-corrected chi connectivity index (χ3v) is 4.72. The van der Waals surface area contributed by atoms with Crippen LogP contribution in [0, 0.1) is 0 Å². The average Bonchev–Trinajstić information content (AvgIpc) is 2.61. The van der Waals surface area contributed by atoms with Crippen LogP contribution in [0.3, 0.4) is 0 Å². The van der Waals surface area contributed by atoms with E-state index in [1.165, 1.54) is 12.8 Å². The van der Waals surface area contributed by atoms with Crippen molar-refractivity contribution in [2.24, 2.45) is 4.36 Å². The second kappa shape index (κ2) is 5.57. The molecule has 1 aliphatic rings. The van der Waals surface area contributed by atoms with Crippen molar-refractivity contribution in [3.05, 3.63) is 0 Å². The van der Waals surface area contributed by atoms with E-state index in [0.29, 0.717) is 5.25 Å². The summed E-state index contributed by atoms with van der Waals surface area (Å²) in [7, 11) is -0.156. The van der Waals surface area contributed by atoms with E-state index in [0.717, 1.165) is 12.8 Å². The summed E-state index contributed by atoms with van der Waals surface area (Å²) in [6.07, 6.45) is 6.50. The molecule has 74 valence electrons.